The molecule has 3 N–H and O–H groups in total. The first-order chi connectivity index (χ1) is 9.97. The van der Waals surface area contributed by atoms with Crippen LogP contribution >= 0.6 is 0 Å². The first kappa shape index (κ1) is 16.0. The van der Waals surface area contributed by atoms with E-state index in [4.69, 9.17) is 25.6 Å². The Balaban J connectivity index is 3.10. The maximum atomic E-state index is 11.0. The van der Waals surface area contributed by atoms with Gasteiger partial charge in [-0.25, -0.2) is 4.79 Å². The molecule has 0 aromatic heterocycles. The van der Waals surface area contributed by atoms with E-state index in [1.807, 2.05) is 0 Å². The summed E-state index contributed by atoms with van der Waals surface area (Å²) < 4.78 is 10.4. The number of primary amides is 1. The van der Waals surface area contributed by atoms with Gasteiger partial charge in [0.15, 0.2) is 18.1 Å². The van der Waals surface area contributed by atoms with E-state index in [1.165, 1.54) is 18.2 Å². The number of carboxylic acid groups (broad SMARTS) is 1. The van der Waals surface area contributed by atoms with Crippen LogP contribution in [0.5, 0.6) is 11.5 Å². The zero-order valence-electron chi connectivity index (χ0n) is 11.3. The van der Waals surface area contributed by atoms with E-state index in [0.29, 0.717) is 17.9 Å². The summed E-state index contributed by atoms with van der Waals surface area (Å²) in [5, 5.41) is 17.4. The van der Waals surface area contributed by atoms with Gasteiger partial charge in [-0.2, -0.15) is 5.26 Å². The molecule has 0 spiro atoms. The average Bonchev–Trinajstić information content (AvgIpc) is 2.43. The van der Waals surface area contributed by atoms with Gasteiger partial charge in [0, 0.05) is 0 Å². The van der Waals surface area contributed by atoms with Crippen molar-refractivity contribution < 1.29 is 24.2 Å². The fourth-order valence-corrected chi connectivity index (χ4v) is 1.47. The second-order valence-electron chi connectivity index (χ2n) is 3.86. The molecule has 1 rings (SSSR count). The Labute approximate surface area is 121 Å². The standard InChI is InChI=1S/C14H14N2O5/c1-2-20-12-6-9(5-10(7-15)14(16)19)3-4-11(12)21-8-13(17)18/h3-6H,2,8H2,1H3,(H2,16,19)(H,17,18). The Morgan fingerprint density at radius 2 is 2.10 bits per heavy atom. The molecule has 0 saturated heterocycles. The molecule has 110 valence electrons. The number of hydrogen-bond acceptors (Lipinski definition) is 5. The van der Waals surface area contributed by atoms with Crippen LogP contribution in [0.25, 0.3) is 6.08 Å². The van der Waals surface area contributed by atoms with E-state index in [0.717, 1.165) is 0 Å². The number of nitriles is 1. The number of benzene rings is 1. The molecule has 0 heterocycles. The van der Waals surface area contributed by atoms with Crippen LogP contribution in [0.15, 0.2) is 23.8 Å². The molecule has 0 atom stereocenters. The van der Waals surface area contributed by atoms with Gasteiger partial charge in [-0.3, -0.25) is 4.79 Å². The van der Waals surface area contributed by atoms with Gasteiger partial charge in [0.05, 0.1) is 6.61 Å². The van der Waals surface area contributed by atoms with Gasteiger partial charge in [-0.05, 0) is 30.7 Å². The zero-order chi connectivity index (χ0) is 15.8. The highest BCUT2D eigenvalue weighted by molar-refractivity contribution is 6.00. The van der Waals surface area contributed by atoms with Crippen molar-refractivity contribution in [3.8, 4) is 17.6 Å². The van der Waals surface area contributed by atoms with Crippen LogP contribution in [0.4, 0.5) is 0 Å². The van der Waals surface area contributed by atoms with Gasteiger partial charge in [0.2, 0.25) is 0 Å². The van der Waals surface area contributed by atoms with Crippen LogP contribution in [0, 0.1) is 11.3 Å². The number of nitrogens with zero attached hydrogens (tertiary/aromatic N) is 1. The van der Waals surface area contributed by atoms with Crippen LogP contribution in [0.1, 0.15) is 12.5 Å². The highest BCUT2D eigenvalue weighted by Crippen LogP contribution is 2.29. The number of amides is 1. The Morgan fingerprint density at radius 1 is 1.38 bits per heavy atom. The highest BCUT2D eigenvalue weighted by atomic mass is 16.5. The molecule has 0 aliphatic carbocycles. The smallest absolute Gasteiger partial charge is 0.341 e. The Bertz CT molecular complexity index is 616. The highest BCUT2D eigenvalue weighted by Gasteiger charge is 2.09. The molecule has 1 aromatic rings. The lowest BCUT2D eigenvalue weighted by Gasteiger charge is -2.11. The predicted molar refractivity (Wildman–Crippen MR) is 73.5 cm³/mol. The van der Waals surface area contributed by atoms with Gasteiger partial charge < -0.3 is 20.3 Å². The third kappa shape index (κ3) is 4.87. The summed E-state index contributed by atoms with van der Waals surface area (Å²) in [6, 6.07) is 6.27. The van der Waals surface area contributed by atoms with Crippen molar-refractivity contribution in [2.45, 2.75) is 6.92 Å². The third-order valence-corrected chi connectivity index (χ3v) is 2.32. The maximum absolute atomic E-state index is 11.0. The van der Waals surface area contributed by atoms with Gasteiger partial charge in [-0.1, -0.05) is 6.07 Å². The molecule has 7 nitrogen and oxygen atoms in total. The van der Waals surface area contributed by atoms with E-state index >= 15 is 0 Å². The van der Waals surface area contributed by atoms with E-state index in [1.54, 1.807) is 19.1 Å². The number of carbonyl (C=O) groups is 2. The number of hydrogen-bond donors (Lipinski definition) is 2. The molecule has 1 aromatic carbocycles. The van der Waals surface area contributed by atoms with Crippen LogP contribution in [0.2, 0.25) is 0 Å². The molecule has 0 radical (unpaired) electrons. The van der Waals surface area contributed by atoms with Crippen molar-refractivity contribution in [3.05, 3.63) is 29.3 Å². The minimum absolute atomic E-state index is 0.198. The van der Waals surface area contributed by atoms with E-state index in [-0.39, 0.29) is 11.3 Å². The molecule has 7 heteroatoms. The van der Waals surface area contributed by atoms with Crippen molar-refractivity contribution in [2.24, 2.45) is 5.73 Å². The fourth-order valence-electron chi connectivity index (χ4n) is 1.47. The van der Waals surface area contributed by atoms with Crippen molar-refractivity contribution in [2.75, 3.05) is 13.2 Å². The molecule has 0 aliphatic rings. The van der Waals surface area contributed by atoms with E-state index in [2.05, 4.69) is 0 Å². The monoisotopic (exact) mass is 290 g/mol. The van der Waals surface area contributed by atoms with Gasteiger partial charge in [0.25, 0.3) is 5.91 Å². The number of rotatable bonds is 7. The Kier molecular flexibility index (Phi) is 5.77. The van der Waals surface area contributed by atoms with Crippen LogP contribution in [0.3, 0.4) is 0 Å². The first-order valence-electron chi connectivity index (χ1n) is 6.01. The fraction of sp³-hybridized carbons (Fsp3) is 0.214. The molecule has 21 heavy (non-hydrogen) atoms. The van der Waals surface area contributed by atoms with Gasteiger partial charge in [-0.15, -0.1) is 0 Å². The number of carboxylic acids is 1. The summed E-state index contributed by atoms with van der Waals surface area (Å²) in [5.41, 5.74) is 5.36. The molecule has 0 unspecified atom stereocenters. The Hall–Kier alpha value is -3.01. The summed E-state index contributed by atoms with van der Waals surface area (Å²) in [6.45, 7) is 1.60. The van der Waals surface area contributed by atoms with Crippen LogP contribution in [-0.2, 0) is 9.59 Å². The third-order valence-electron chi connectivity index (χ3n) is 2.32. The lowest BCUT2D eigenvalue weighted by molar-refractivity contribution is -0.139. The average molecular weight is 290 g/mol. The van der Waals surface area contributed by atoms with Crippen molar-refractivity contribution in [1.82, 2.24) is 0 Å². The molecule has 0 saturated carbocycles. The zero-order valence-corrected chi connectivity index (χ0v) is 11.3. The number of carbonyl (C=O) groups excluding carboxylic acids is 1. The van der Waals surface area contributed by atoms with Crippen molar-refractivity contribution in [3.63, 3.8) is 0 Å². The van der Waals surface area contributed by atoms with Crippen molar-refractivity contribution in [1.29, 1.82) is 5.26 Å². The summed E-state index contributed by atoms with van der Waals surface area (Å²) >= 11 is 0. The summed E-state index contributed by atoms with van der Waals surface area (Å²) in [6.07, 6.45) is 1.31. The second-order valence-corrected chi connectivity index (χ2v) is 3.86. The minimum atomic E-state index is -1.11. The number of aliphatic carboxylic acids is 1. The molecular weight excluding hydrogens is 276 g/mol. The second kappa shape index (κ2) is 7.55. The molecule has 0 fully saturated rings. The SMILES string of the molecule is CCOc1cc(C=C(C#N)C(N)=O)ccc1OCC(=O)O. The van der Waals surface area contributed by atoms with E-state index < -0.39 is 18.5 Å². The number of ether oxygens (including phenoxy) is 2. The molecule has 0 aliphatic heterocycles. The molecule has 0 bridgehead atoms. The van der Waals surface area contributed by atoms with Gasteiger partial charge in [0.1, 0.15) is 11.6 Å². The summed E-state index contributed by atoms with van der Waals surface area (Å²) in [7, 11) is 0. The van der Waals surface area contributed by atoms with Crippen LogP contribution < -0.4 is 15.2 Å². The largest absolute Gasteiger partial charge is 0.490 e. The molecular formula is C14H14N2O5. The summed E-state index contributed by atoms with van der Waals surface area (Å²) in [4.78, 5) is 21.5. The quantitative estimate of drug-likeness (QED) is 0.569. The number of nitrogens with two attached hydrogens (primary N) is 1. The topological polar surface area (TPSA) is 123 Å². The lowest BCUT2D eigenvalue weighted by Crippen LogP contribution is -2.12. The van der Waals surface area contributed by atoms with Gasteiger partial charge >= 0.3 is 5.97 Å². The van der Waals surface area contributed by atoms with Crippen molar-refractivity contribution >= 4 is 18.0 Å². The lowest BCUT2D eigenvalue weighted by atomic mass is 10.1. The van der Waals surface area contributed by atoms with E-state index in [9.17, 15) is 9.59 Å². The maximum Gasteiger partial charge on any atom is 0.341 e. The van der Waals surface area contributed by atoms with Crippen LogP contribution in [-0.4, -0.2) is 30.2 Å². The molecule has 1 amide bonds. The normalized spacial score (nSPS) is 10.6. The Morgan fingerprint density at radius 3 is 2.62 bits per heavy atom. The predicted octanol–water partition coefficient (Wildman–Crippen LogP) is 0.941. The minimum Gasteiger partial charge on any atom is -0.490 e. The first-order valence-corrected chi connectivity index (χ1v) is 6.01. The summed E-state index contributed by atoms with van der Waals surface area (Å²) in [5.74, 6) is -1.37.